The highest BCUT2D eigenvalue weighted by atomic mass is 16.5. The van der Waals surface area contributed by atoms with Gasteiger partial charge < -0.3 is 4.74 Å². The Kier molecular flexibility index (Phi) is 6.22. The summed E-state index contributed by atoms with van der Waals surface area (Å²) in [5, 5.41) is 11.2. The van der Waals surface area contributed by atoms with Crippen molar-refractivity contribution in [2.75, 3.05) is 6.61 Å². The number of hydrogen-bond donors (Lipinski definition) is 0. The third-order valence-electron chi connectivity index (χ3n) is 4.52. The van der Waals surface area contributed by atoms with E-state index in [4.69, 9.17) is 10.00 Å². The minimum absolute atomic E-state index is 0.575. The molecule has 0 atom stereocenters. The van der Waals surface area contributed by atoms with Crippen LogP contribution < -0.4 is 4.74 Å². The Hall–Kier alpha value is -2.86. The number of aromatic nitrogens is 1. The second-order valence-electron chi connectivity index (χ2n) is 6.53. The number of unbranched alkanes of at least 4 members (excludes halogenated alkanes) is 4. The number of pyridine rings is 1. The zero-order valence-corrected chi connectivity index (χ0v) is 15.2. The minimum Gasteiger partial charge on any atom is -0.494 e. The number of benzene rings is 2. The smallest absolute Gasteiger partial charge is 0.119 e. The Morgan fingerprint density at radius 3 is 2.50 bits per heavy atom. The van der Waals surface area contributed by atoms with Crippen molar-refractivity contribution < 1.29 is 4.74 Å². The highest BCUT2D eigenvalue weighted by molar-refractivity contribution is 5.87. The Balaban J connectivity index is 1.66. The van der Waals surface area contributed by atoms with Crippen molar-refractivity contribution in [3.8, 4) is 23.1 Å². The molecule has 0 aliphatic rings. The zero-order chi connectivity index (χ0) is 18.2. The fourth-order valence-corrected chi connectivity index (χ4v) is 3.00. The van der Waals surface area contributed by atoms with Crippen LogP contribution in [0.15, 0.2) is 54.7 Å². The lowest BCUT2D eigenvalue weighted by atomic mass is 10.0. The van der Waals surface area contributed by atoms with Crippen molar-refractivity contribution in [3.05, 3.63) is 60.3 Å². The summed E-state index contributed by atoms with van der Waals surface area (Å²) >= 11 is 0. The van der Waals surface area contributed by atoms with E-state index < -0.39 is 0 Å². The first-order valence-electron chi connectivity index (χ1n) is 9.33. The van der Waals surface area contributed by atoms with Gasteiger partial charge in [-0.15, -0.1) is 0 Å². The molecule has 2 aromatic carbocycles. The lowest BCUT2D eigenvalue weighted by molar-refractivity contribution is 0.305. The number of ether oxygens (including phenoxy) is 1. The van der Waals surface area contributed by atoms with E-state index in [0.717, 1.165) is 40.8 Å². The number of hydrogen-bond acceptors (Lipinski definition) is 3. The van der Waals surface area contributed by atoms with Gasteiger partial charge in [0.15, 0.2) is 0 Å². The van der Waals surface area contributed by atoms with E-state index in [1.54, 1.807) is 12.3 Å². The number of nitriles is 1. The van der Waals surface area contributed by atoms with Gasteiger partial charge in [-0.1, -0.05) is 50.8 Å². The van der Waals surface area contributed by atoms with Crippen LogP contribution in [-0.2, 0) is 0 Å². The first-order chi connectivity index (χ1) is 12.8. The number of nitrogens with zero attached hydrogens (tertiary/aromatic N) is 2. The Morgan fingerprint density at radius 1 is 0.923 bits per heavy atom. The van der Waals surface area contributed by atoms with Crippen molar-refractivity contribution in [2.24, 2.45) is 0 Å². The predicted molar refractivity (Wildman–Crippen MR) is 106 cm³/mol. The maximum absolute atomic E-state index is 8.88. The van der Waals surface area contributed by atoms with Crippen LogP contribution >= 0.6 is 0 Å². The van der Waals surface area contributed by atoms with Gasteiger partial charge in [-0.3, -0.25) is 4.98 Å². The van der Waals surface area contributed by atoms with Gasteiger partial charge in [0.05, 0.1) is 17.9 Å². The second-order valence-corrected chi connectivity index (χ2v) is 6.53. The average molecular weight is 344 g/mol. The fraction of sp³-hybridized carbons (Fsp3) is 0.304. The molecule has 0 aliphatic heterocycles. The van der Waals surface area contributed by atoms with Crippen LogP contribution in [0.3, 0.4) is 0 Å². The molecule has 0 fully saturated rings. The largest absolute Gasteiger partial charge is 0.494 e. The van der Waals surface area contributed by atoms with Crippen LogP contribution in [0, 0.1) is 11.3 Å². The van der Waals surface area contributed by atoms with E-state index in [0.29, 0.717) is 5.56 Å². The summed E-state index contributed by atoms with van der Waals surface area (Å²) in [6.45, 7) is 3.01. The van der Waals surface area contributed by atoms with Crippen molar-refractivity contribution in [1.82, 2.24) is 4.98 Å². The molecule has 0 N–H and O–H groups in total. The molecule has 1 heterocycles. The molecule has 3 rings (SSSR count). The van der Waals surface area contributed by atoms with Gasteiger partial charge in [0.1, 0.15) is 11.8 Å². The highest BCUT2D eigenvalue weighted by Crippen LogP contribution is 2.26. The van der Waals surface area contributed by atoms with Gasteiger partial charge in [0, 0.05) is 11.8 Å². The van der Waals surface area contributed by atoms with Crippen molar-refractivity contribution in [1.29, 1.82) is 5.26 Å². The molecule has 1 aromatic heterocycles. The molecule has 132 valence electrons. The molecule has 0 radical (unpaired) electrons. The average Bonchev–Trinajstić information content (AvgIpc) is 2.70. The van der Waals surface area contributed by atoms with E-state index >= 15 is 0 Å². The Labute approximate surface area is 155 Å². The van der Waals surface area contributed by atoms with Gasteiger partial charge in [0.25, 0.3) is 0 Å². The van der Waals surface area contributed by atoms with Crippen molar-refractivity contribution in [3.63, 3.8) is 0 Å². The SMILES string of the molecule is CCCCCCCOc1ccc2cc(-c3ccc(C#N)cn3)ccc2c1. The summed E-state index contributed by atoms with van der Waals surface area (Å²) in [5.74, 6) is 0.928. The van der Waals surface area contributed by atoms with Crippen LogP contribution in [0.4, 0.5) is 0 Å². The summed E-state index contributed by atoms with van der Waals surface area (Å²) in [5.41, 5.74) is 2.50. The maximum Gasteiger partial charge on any atom is 0.119 e. The normalized spacial score (nSPS) is 10.6. The van der Waals surface area contributed by atoms with Crippen LogP contribution in [0.2, 0.25) is 0 Å². The quantitative estimate of drug-likeness (QED) is 0.462. The fourth-order valence-electron chi connectivity index (χ4n) is 3.00. The van der Waals surface area contributed by atoms with E-state index in [1.807, 2.05) is 12.1 Å². The van der Waals surface area contributed by atoms with E-state index in [9.17, 15) is 0 Å². The molecule has 0 saturated carbocycles. The van der Waals surface area contributed by atoms with Crippen LogP contribution in [0.5, 0.6) is 5.75 Å². The molecule has 0 bridgehead atoms. The van der Waals surface area contributed by atoms with Crippen LogP contribution in [0.1, 0.15) is 44.6 Å². The molecule has 3 nitrogen and oxygen atoms in total. The molecule has 0 unspecified atom stereocenters. The lowest BCUT2D eigenvalue weighted by Gasteiger charge is -2.08. The summed E-state index contributed by atoms with van der Waals surface area (Å²) in [7, 11) is 0. The Morgan fingerprint density at radius 2 is 1.73 bits per heavy atom. The molecule has 0 aliphatic carbocycles. The van der Waals surface area contributed by atoms with Crippen molar-refractivity contribution in [2.45, 2.75) is 39.0 Å². The van der Waals surface area contributed by atoms with Gasteiger partial charge in [-0.25, -0.2) is 0 Å². The third kappa shape index (κ3) is 4.61. The Bertz CT molecular complexity index is 894. The molecule has 3 heteroatoms. The van der Waals surface area contributed by atoms with Crippen LogP contribution in [-0.4, -0.2) is 11.6 Å². The predicted octanol–water partition coefficient (Wildman–Crippen LogP) is 6.12. The summed E-state index contributed by atoms with van der Waals surface area (Å²) in [4.78, 5) is 4.37. The molecule has 26 heavy (non-hydrogen) atoms. The van der Waals surface area contributed by atoms with Crippen molar-refractivity contribution >= 4 is 10.8 Å². The summed E-state index contributed by atoms with van der Waals surface area (Å²) < 4.78 is 5.89. The number of rotatable bonds is 8. The van der Waals surface area contributed by atoms with Gasteiger partial charge in [0.2, 0.25) is 0 Å². The molecular weight excluding hydrogens is 320 g/mol. The monoisotopic (exact) mass is 344 g/mol. The molecular formula is C23H24N2O. The van der Waals surface area contributed by atoms with E-state index in [1.165, 1.54) is 25.7 Å². The van der Waals surface area contributed by atoms with Gasteiger partial charge >= 0.3 is 0 Å². The third-order valence-corrected chi connectivity index (χ3v) is 4.52. The zero-order valence-electron chi connectivity index (χ0n) is 15.2. The van der Waals surface area contributed by atoms with Crippen LogP contribution in [0.25, 0.3) is 22.0 Å². The van der Waals surface area contributed by atoms with E-state index in [-0.39, 0.29) is 0 Å². The second kappa shape index (κ2) is 9.01. The molecule has 3 aromatic rings. The van der Waals surface area contributed by atoms with E-state index in [2.05, 4.69) is 48.3 Å². The van der Waals surface area contributed by atoms with Gasteiger partial charge in [-0.05, 0) is 47.5 Å². The first-order valence-corrected chi connectivity index (χ1v) is 9.33. The number of fused-ring (bicyclic) bond motifs is 1. The molecule has 0 spiro atoms. The maximum atomic E-state index is 8.88. The summed E-state index contributed by atoms with van der Waals surface area (Å²) in [6, 6.07) is 18.3. The lowest BCUT2D eigenvalue weighted by Crippen LogP contribution is -1.97. The minimum atomic E-state index is 0.575. The molecule has 0 saturated heterocycles. The topological polar surface area (TPSA) is 45.9 Å². The highest BCUT2D eigenvalue weighted by Gasteiger charge is 2.03. The first kappa shape index (κ1) is 17.9. The standard InChI is InChI=1S/C23H24N2O/c1-2-3-4-5-6-13-26-22-11-10-19-14-21(9-8-20(19)15-22)23-12-7-18(16-24)17-25-23/h7-12,14-15,17H,2-6,13H2,1H3. The van der Waals surface area contributed by atoms with Gasteiger partial charge in [-0.2, -0.15) is 5.26 Å². The summed E-state index contributed by atoms with van der Waals surface area (Å²) in [6.07, 6.45) is 7.84. The molecule has 0 amide bonds.